The Morgan fingerprint density at radius 3 is 2.43 bits per heavy atom. The highest BCUT2D eigenvalue weighted by atomic mass is 35.5. The van der Waals surface area contributed by atoms with Crippen LogP contribution in [0.1, 0.15) is 12.7 Å². The highest BCUT2D eigenvalue weighted by molar-refractivity contribution is 7.09. The van der Waals surface area contributed by atoms with Gasteiger partial charge in [0.25, 0.3) is 0 Å². The van der Waals surface area contributed by atoms with E-state index in [9.17, 15) is 9.59 Å². The smallest absolute Gasteiger partial charge is 0.242 e. The Morgan fingerprint density at radius 1 is 1.26 bits per heavy atom. The molecule has 11 heteroatoms. The Labute approximate surface area is 151 Å². The van der Waals surface area contributed by atoms with E-state index in [4.69, 9.17) is 5.73 Å². The van der Waals surface area contributed by atoms with Crippen LogP contribution < -0.4 is 16.0 Å². The topological polar surface area (TPSA) is 104 Å². The third kappa shape index (κ3) is 6.09. The van der Waals surface area contributed by atoms with Crippen LogP contribution in [0.15, 0.2) is 0 Å². The minimum atomic E-state index is -0.317. The van der Waals surface area contributed by atoms with Crippen LogP contribution in [0.4, 0.5) is 5.13 Å². The zero-order chi connectivity index (χ0) is 15.2. The number of carbonyl (C=O) groups is 2. The predicted molar refractivity (Wildman–Crippen MR) is 94.6 cm³/mol. The maximum Gasteiger partial charge on any atom is 0.242 e. The molecule has 0 aliphatic carbocycles. The second kappa shape index (κ2) is 10.6. The SMILES string of the molecule is CCc1nsc(N2CCN(C(=O)CNC(=O)CN)CC2)n1.Cl.Cl. The van der Waals surface area contributed by atoms with Crippen LogP contribution in [0.3, 0.4) is 0 Å². The summed E-state index contributed by atoms with van der Waals surface area (Å²) in [5.74, 6) is 0.462. The molecule has 1 aromatic heterocycles. The van der Waals surface area contributed by atoms with Gasteiger partial charge in [0.1, 0.15) is 5.82 Å². The fourth-order valence-corrected chi connectivity index (χ4v) is 2.82. The molecule has 0 radical (unpaired) electrons. The Bertz CT molecular complexity index is 507. The highest BCUT2D eigenvalue weighted by Gasteiger charge is 2.23. The van der Waals surface area contributed by atoms with Gasteiger partial charge < -0.3 is 20.9 Å². The lowest BCUT2D eigenvalue weighted by Gasteiger charge is -2.34. The van der Waals surface area contributed by atoms with E-state index in [1.807, 2.05) is 6.92 Å². The van der Waals surface area contributed by atoms with Crippen molar-refractivity contribution in [3.05, 3.63) is 5.82 Å². The molecule has 0 atom stereocenters. The summed E-state index contributed by atoms with van der Waals surface area (Å²) in [6.45, 7) is 4.64. The molecular formula is C12H22Cl2N6O2S. The van der Waals surface area contributed by atoms with Gasteiger partial charge in [0.2, 0.25) is 16.9 Å². The van der Waals surface area contributed by atoms with Gasteiger partial charge in [-0.05, 0) is 0 Å². The van der Waals surface area contributed by atoms with E-state index in [-0.39, 0.29) is 49.7 Å². The summed E-state index contributed by atoms with van der Waals surface area (Å²) in [6, 6.07) is 0. The molecule has 0 unspecified atom stereocenters. The van der Waals surface area contributed by atoms with E-state index >= 15 is 0 Å². The summed E-state index contributed by atoms with van der Waals surface area (Å²) in [5, 5.41) is 3.41. The van der Waals surface area contributed by atoms with Gasteiger partial charge in [-0.25, -0.2) is 4.98 Å². The van der Waals surface area contributed by atoms with Gasteiger partial charge in [0.05, 0.1) is 13.1 Å². The number of nitrogens with two attached hydrogens (primary N) is 1. The van der Waals surface area contributed by atoms with Crippen molar-refractivity contribution in [1.29, 1.82) is 0 Å². The van der Waals surface area contributed by atoms with Crippen molar-refractivity contribution in [3.8, 4) is 0 Å². The van der Waals surface area contributed by atoms with Crippen LogP contribution in [0, 0.1) is 0 Å². The zero-order valence-electron chi connectivity index (χ0n) is 12.9. The maximum absolute atomic E-state index is 11.9. The minimum absolute atomic E-state index is 0. The molecule has 1 saturated heterocycles. The van der Waals surface area contributed by atoms with E-state index < -0.39 is 0 Å². The molecule has 1 fully saturated rings. The average molecular weight is 385 g/mol. The van der Waals surface area contributed by atoms with Crippen LogP contribution >= 0.6 is 36.3 Å². The number of amides is 2. The van der Waals surface area contributed by atoms with Crippen molar-refractivity contribution in [2.75, 3.05) is 44.2 Å². The second-order valence-corrected chi connectivity index (χ2v) is 5.43. The number of carbonyl (C=O) groups excluding carboxylic acids is 2. The van der Waals surface area contributed by atoms with Crippen molar-refractivity contribution in [3.63, 3.8) is 0 Å². The van der Waals surface area contributed by atoms with Gasteiger partial charge in [0, 0.05) is 44.1 Å². The molecule has 3 N–H and O–H groups in total. The Morgan fingerprint density at radius 2 is 1.91 bits per heavy atom. The van der Waals surface area contributed by atoms with Crippen LogP contribution in [0.25, 0.3) is 0 Å². The van der Waals surface area contributed by atoms with Gasteiger partial charge in [-0.2, -0.15) is 4.37 Å². The van der Waals surface area contributed by atoms with Gasteiger partial charge in [-0.1, -0.05) is 6.92 Å². The molecular weight excluding hydrogens is 363 g/mol. The van der Waals surface area contributed by atoms with Crippen molar-refractivity contribution in [2.24, 2.45) is 5.73 Å². The normalized spacial score (nSPS) is 13.8. The summed E-state index contributed by atoms with van der Waals surface area (Å²) in [4.78, 5) is 31.3. The van der Waals surface area contributed by atoms with Crippen molar-refractivity contribution in [1.82, 2.24) is 19.6 Å². The van der Waals surface area contributed by atoms with Gasteiger partial charge in [0.15, 0.2) is 0 Å². The summed E-state index contributed by atoms with van der Waals surface area (Å²) in [5.41, 5.74) is 5.18. The molecule has 23 heavy (non-hydrogen) atoms. The Balaban J connectivity index is 0.00000242. The van der Waals surface area contributed by atoms with E-state index in [1.54, 1.807) is 4.90 Å². The molecule has 0 saturated carbocycles. The number of hydrogen-bond acceptors (Lipinski definition) is 7. The summed E-state index contributed by atoms with van der Waals surface area (Å²) in [6.07, 6.45) is 0.829. The van der Waals surface area contributed by atoms with Gasteiger partial charge in [-0.3, -0.25) is 9.59 Å². The molecule has 1 aromatic rings. The maximum atomic E-state index is 11.9. The highest BCUT2D eigenvalue weighted by Crippen LogP contribution is 2.19. The molecule has 0 aromatic carbocycles. The van der Waals surface area contributed by atoms with E-state index in [1.165, 1.54) is 11.5 Å². The lowest BCUT2D eigenvalue weighted by molar-refractivity contribution is -0.132. The summed E-state index contributed by atoms with van der Waals surface area (Å²) in [7, 11) is 0. The Hall–Kier alpha value is -1.16. The summed E-state index contributed by atoms with van der Waals surface area (Å²) >= 11 is 1.40. The number of rotatable bonds is 5. The number of nitrogens with zero attached hydrogens (tertiary/aromatic N) is 4. The standard InChI is InChI=1S/C12H20N6O2S.2ClH/c1-2-9-15-12(21-16-9)18-5-3-17(4-6-18)11(20)8-14-10(19)7-13;;/h2-8,13H2,1H3,(H,14,19);2*1H. The van der Waals surface area contributed by atoms with Crippen LogP contribution in [0.2, 0.25) is 0 Å². The lowest BCUT2D eigenvalue weighted by Crippen LogP contribution is -2.51. The molecule has 1 aliphatic heterocycles. The number of anilines is 1. The van der Waals surface area contributed by atoms with Gasteiger partial charge >= 0.3 is 0 Å². The summed E-state index contributed by atoms with van der Waals surface area (Å²) < 4.78 is 4.27. The Kier molecular flexibility index (Phi) is 10.1. The number of hydrogen-bond donors (Lipinski definition) is 2. The minimum Gasteiger partial charge on any atom is -0.346 e. The zero-order valence-corrected chi connectivity index (χ0v) is 15.3. The van der Waals surface area contributed by atoms with Crippen molar-refractivity contribution >= 4 is 53.3 Å². The quantitative estimate of drug-likeness (QED) is 0.719. The van der Waals surface area contributed by atoms with Crippen molar-refractivity contribution < 1.29 is 9.59 Å². The number of nitrogens with one attached hydrogen (secondary N) is 1. The molecule has 8 nitrogen and oxygen atoms in total. The lowest BCUT2D eigenvalue weighted by atomic mass is 10.3. The first-order chi connectivity index (χ1) is 10.1. The number of aryl methyl sites for hydroxylation is 1. The molecule has 0 bridgehead atoms. The van der Waals surface area contributed by atoms with Crippen LogP contribution in [0.5, 0.6) is 0 Å². The molecule has 2 heterocycles. The monoisotopic (exact) mass is 384 g/mol. The fourth-order valence-electron chi connectivity index (χ4n) is 2.02. The third-order valence-corrected chi connectivity index (χ3v) is 4.11. The van der Waals surface area contributed by atoms with Gasteiger partial charge in [-0.15, -0.1) is 24.8 Å². The molecule has 2 amide bonds. The molecule has 2 rings (SSSR count). The van der Waals surface area contributed by atoms with Crippen LogP contribution in [-0.2, 0) is 16.0 Å². The first-order valence-electron chi connectivity index (χ1n) is 6.96. The van der Waals surface area contributed by atoms with E-state index in [0.29, 0.717) is 13.1 Å². The average Bonchev–Trinajstić information content (AvgIpc) is 3.01. The van der Waals surface area contributed by atoms with E-state index in [2.05, 4.69) is 19.6 Å². The second-order valence-electron chi connectivity index (χ2n) is 4.70. The largest absolute Gasteiger partial charge is 0.346 e. The number of halogens is 2. The number of aromatic nitrogens is 2. The number of piperazine rings is 1. The predicted octanol–water partition coefficient (Wildman–Crippen LogP) is -0.332. The van der Waals surface area contributed by atoms with E-state index in [0.717, 1.165) is 30.5 Å². The molecule has 1 aliphatic rings. The molecule has 132 valence electrons. The first kappa shape index (κ1) is 21.8. The third-order valence-electron chi connectivity index (χ3n) is 3.30. The van der Waals surface area contributed by atoms with Crippen LogP contribution in [-0.4, -0.2) is 65.3 Å². The molecule has 0 spiro atoms. The fraction of sp³-hybridized carbons (Fsp3) is 0.667. The van der Waals surface area contributed by atoms with Crippen molar-refractivity contribution in [2.45, 2.75) is 13.3 Å². The first-order valence-corrected chi connectivity index (χ1v) is 7.73.